The number of nitrogens with zero attached hydrogens (tertiary/aromatic N) is 2. The molecule has 0 amide bonds. The smallest absolute Gasteiger partial charge is 0.106 e. The highest BCUT2D eigenvalue weighted by molar-refractivity contribution is 4.59. The highest BCUT2D eigenvalue weighted by atomic mass is 16.3. The Labute approximate surface area is 82.3 Å². The van der Waals surface area contributed by atoms with Gasteiger partial charge >= 0.3 is 0 Å². The molecule has 1 N–H and O–H groups in total. The summed E-state index contributed by atoms with van der Waals surface area (Å²) in [7, 11) is 1.97. The van der Waals surface area contributed by atoms with E-state index in [9.17, 15) is 5.11 Å². The summed E-state index contributed by atoms with van der Waals surface area (Å²) in [6.07, 6.45) is 0.518. The van der Waals surface area contributed by atoms with E-state index in [1.54, 1.807) is 0 Å². The predicted octanol–water partition coefficient (Wildman–Crippen LogP) is 0.988. The second kappa shape index (κ2) is 7.30. The summed E-state index contributed by atoms with van der Waals surface area (Å²) < 4.78 is 0. The van der Waals surface area contributed by atoms with Crippen LogP contribution >= 0.6 is 0 Å². The number of likely N-dealkylation sites (N-methyl/N-ethyl adjacent to an activating group) is 2. The average molecular weight is 188 g/mol. The Morgan fingerprint density at radius 1 is 1.08 bits per heavy atom. The number of hydrogen-bond acceptors (Lipinski definition) is 3. The van der Waals surface area contributed by atoms with E-state index in [1.807, 2.05) is 18.9 Å². The van der Waals surface area contributed by atoms with E-state index < -0.39 is 0 Å². The zero-order valence-electron chi connectivity index (χ0n) is 9.45. The Hall–Kier alpha value is -0.120. The van der Waals surface area contributed by atoms with Crippen LogP contribution in [0.5, 0.6) is 0 Å². The van der Waals surface area contributed by atoms with Crippen molar-refractivity contribution in [2.45, 2.75) is 33.4 Å². The molecule has 0 spiro atoms. The van der Waals surface area contributed by atoms with Crippen molar-refractivity contribution in [3.05, 3.63) is 0 Å². The average Bonchev–Trinajstić information content (AvgIpc) is 2.17. The van der Waals surface area contributed by atoms with Crippen molar-refractivity contribution < 1.29 is 5.11 Å². The Balaban J connectivity index is 3.61. The molecule has 1 unspecified atom stereocenters. The molecule has 0 fully saturated rings. The highest BCUT2D eigenvalue weighted by Crippen LogP contribution is 1.97. The van der Waals surface area contributed by atoms with E-state index in [4.69, 9.17) is 0 Å². The molecule has 1 atom stereocenters. The van der Waals surface area contributed by atoms with Crippen LogP contribution in [0, 0.1) is 0 Å². The molecule has 0 aromatic heterocycles. The third kappa shape index (κ3) is 5.24. The van der Waals surface area contributed by atoms with E-state index in [1.165, 1.54) is 0 Å². The molecule has 0 aliphatic heterocycles. The zero-order valence-corrected chi connectivity index (χ0v) is 9.45. The van der Waals surface area contributed by atoms with Crippen LogP contribution < -0.4 is 0 Å². The van der Waals surface area contributed by atoms with Crippen LogP contribution in [0.1, 0.15) is 27.2 Å². The van der Waals surface area contributed by atoms with Crippen LogP contribution in [0.25, 0.3) is 0 Å². The van der Waals surface area contributed by atoms with Gasteiger partial charge in [0.25, 0.3) is 0 Å². The Kier molecular flexibility index (Phi) is 7.23. The fourth-order valence-corrected chi connectivity index (χ4v) is 1.30. The minimum atomic E-state index is -0.282. The van der Waals surface area contributed by atoms with E-state index in [0.717, 1.165) is 32.6 Å². The lowest BCUT2D eigenvalue weighted by molar-refractivity contribution is 0.0146. The third-order valence-electron chi connectivity index (χ3n) is 2.54. The molecule has 0 aromatic carbocycles. The Morgan fingerprint density at radius 2 is 1.62 bits per heavy atom. The van der Waals surface area contributed by atoms with Crippen LogP contribution in [-0.2, 0) is 0 Å². The molecule has 3 nitrogen and oxygen atoms in total. The van der Waals surface area contributed by atoms with E-state index in [2.05, 4.69) is 18.7 Å². The van der Waals surface area contributed by atoms with Gasteiger partial charge in [0, 0.05) is 13.1 Å². The SMILES string of the molecule is CCC(O)N(C)CCN(CC)CC. The molecule has 0 saturated carbocycles. The number of rotatable bonds is 7. The summed E-state index contributed by atoms with van der Waals surface area (Å²) in [6.45, 7) is 10.5. The number of hydrogen-bond donors (Lipinski definition) is 1. The van der Waals surface area contributed by atoms with Crippen molar-refractivity contribution in [1.29, 1.82) is 0 Å². The largest absolute Gasteiger partial charge is 0.378 e. The molecule has 0 rings (SSSR count). The first-order chi connectivity index (χ1) is 6.15. The van der Waals surface area contributed by atoms with Crippen LogP contribution in [-0.4, -0.2) is 54.4 Å². The van der Waals surface area contributed by atoms with Crippen molar-refractivity contribution in [1.82, 2.24) is 9.80 Å². The van der Waals surface area contributed by atoms with Gasteiger partial charge in [-0.25, -0.2) is 0 Å². The van der Waals surface area contributed by atoms with Crippen molar-refractivity contribution in [2.24, 2.45) is 0 Å². The molecule has 0 aromatic rings. The highest BCUT2D eigenvalue weighted by Gasteiger charge is 2.08. The topological polar surface area (TPSA) is 26.7 Å². The van der Waals surface area contributed by atoms with Crippen LogP contribution in [0.15, 0.2) is 0 Å². The Morgan fingerprint density at radius 3 is 2.00 bits per heavy atom. The quantitative estimate of drug-likeness (QED) is 0.604. The third-order valence-corrected chi connectivity index (χ3v) is 2.54. The van der Waals surface area contributed by atoms with Crippen molar-refractivity contribution in [3.63, 3.8) is 0 Å². The second-order valence-electron chi connectivity index (χ2n) is 3.40. The first kappa shape index (κ1) is 12.9. The molecular formula is C10H24N2O. The van der Waals surface area contributed by atoms with Crippen LogP contribution in [0.3, 0.4) is 0 Å². The molecule has 80 valence electrons. The lowest BCUT2D eigenvalue weighted by atomic mass is 10.3. The van der Waals surface area contributed by atoms with Gasteiger partial charge < -0.3 is 10.0 Å². The molecular weight excluding hydrogens is 164 g/mol. The maximum atomic E-state index is 9.49. The zero-order chi connectivity index (χ0) is 10.3. The molecule has 13 heavy (non-hydrogen) atoms. The van der Waals surface area contributed by atoms with Crippen molar-refractivity contribution in [2.75, 3.05) is 33.2 Å². The van der Waals surface area contributed by atoms with Crippen molar-refractivity contribution in [3.8, 4) is 0 Å². The first-order valence-electron chi connectivity index (χ1n) is 5.26. The minimum Gasteiger partial charge on any atom is -0.378 e. The van der Waals surface area contributed by atoms with Gasteiger partial charge in [-0.15, -0.1) is 0 Å². The summed E-state index contributed by atoms with van der Waals surface area (Å²) in [5.74, 6) is 0. The fourth-order valence-electron chi connectivity index (χ4n) is 1.30. The molecule has 0 heterocycles. The minimum absolute atomic E-state index is 0.282. The maximum absolute atomic E-state index is 9.49. The fraction of sp³-hybridized carbons (Fsp3) is 1.00. The van der Waals surface area contributed by atoms with Gasteiger partial charge in [0.1, 0.15) is 6.23 Å². The molecule has 0 aliphatic rings. The van der Waals surface area contributed by atoms with E-state index in [-0.39, 0.29) is 6.23 Å². The lowest BCUT2D eigenvalue weighted by Gasteiger charge is -2.26. The first-order valence-corrected chi connectivity index (χ1v) is 5.26. The number of aliphatic hydroxyl groups is 1. The second-order valence-corrected chi connectivity index (χ2v) is 3.40. The summed E-state index contributed by atoms with van der Waals surface area (Å²) in [6, 6.07) is 0. The standard InChI is InChI=1S/C10H24N2O/c1-5-10(13)11(4)8-9-12(6-2)7-3/h10,13H,5-9H2,1-4H3. The lowest BCUT2D eigenvalue weighted by Crippen LogP contribution is -2.38. The number of aliphatic hydroxyl groups excluding tert-OH is 1. The van der Waals surface area contributed by atoms with Gasteiger partial charge in [-0.1, -0.05) is 20.8 Å². The van der Waals surface area contributed by atoms with Gasteiger partial charge in [-0.2, -0.15) is 0 Å². The maximum Gasteiger partial charge on any atom is 0.106 e. The predicted molar refractivity (Wildman–Crippen MR) is 56.7 cm³/mol. The van der Waals surface area contributed by atoms with Gasteiger partial charge in [0.2, 0.25) is 0 Å². The van der Waals surface area contributed by atoms with E-state index in [0.29, 0.717) is 0 Å². The molecule has 0 aliphatic carbocycles. The van der Waals surface area contributed by atoms with E-state index >= 15 is 0 Å². The summed E-state index contributed by atoms with van der Waals surface area (Å²) in [4.78, 5) is 4.36. The summed E-state index contributed by atoms with van der Waals surface area (Å²) in [5.41, 5.74) is 0. The van der Waals surface area contributed by atoms with Gasteiger partial charge in [0.15, 0.2) is 0 Å². The molecule has 3 heteroatoms. The monoisotopic (exact) mass is 188 g/mol. The molecule has 0 bridgehead atoms. The molecule has 0 saturated heterocycles. The normalized spacial score (nSPS) is 14.1. The summed E-state index contributed by atoms with van der Waals surface area (Å²) >= 11 is 0. The van der Waals surface area contributed by atoms with Crippen LogP contribution in [0.2, 0.25) is 0 Å². The Bertz CT molecular complexity index is 115. The van der Waals surface area contributed by atoms with Gasteiger partial charge in [-0.05, 0) is 26.6 Å². The summed E-state index contributed by atoms with van der Waals surface area (Å²) in [5, 5.41) is 9.49. The van der Waals surface area contributed by atoms with Gasteiger partial charge in [0.05, 0.1) is 0 Å². The van der Waals surface area contributed by atoms with Gasteiger partial charge in [-0.3, -0.25) is 4.90 Å². The molecule has 0 radical (unpaired) electrons. The van der Waals surface area contributed by atoms with Crippen LogP contribution in [0.4, 0.5) is 0 Å². The van der Waals surface area contributed by atoms with Crippen molar-refractivity contribution >= 4 is 0 Å².